The SMILES string of the molecule is CC1(NC2CCOC3(CCSC3)C2)CC1. The number of thioether (sulfide) groups is 1. The molecule has 3 heteroatoms. The minimum absolute atomic E-state index is 0.242. The molecular formula is C12H21NOS. The lowest BCUT2D eigenvalue weighted by molar-refractivity contribution is -0.0715. The fraction of sp³-hybridized carbons (Fsp3) is 1.00. The minimum atomic E-state index is 0.242. The summed E-state index contributed by atoms with van der Waals surface area (Å²) in [7, 11) is 0. The Morgan fingerprint density at radius 1 is 1.33 bits per heavy atom. The Hall–Kier alpha value is 0.270. The standard InChI is InChI=1S/C12H21NOS/c1-11(3-4-11)13-10-2-6-14-12(8-10)5-7-15-9-12/h10,13H,2-9H2,1H3. The van der Waals surface area contributed by atoms with Gasteiger partial charge in [-0.3, -0.25) is 0 Å². The van der Waals surface area contributed by atoms with E-state index >= 15 is 0 Å². The van der Waals surface area contributed by atoms with Gasteiger partial charge >= 0.3 is 0 Å². The second-order valence-corrected chi connectivity index (χ2v) is 6.83. The molecule has 0 bridgehead atoms. The molecule has 3 aliphatic rings. The average Bonchev–Trinajstić information content (AvgIpc) is 2.76. The highest BCUT2D eigenvalue weighted by Crippen LogP contribution is 2.41. The summed E-state index contributed by atoms with van der Waals surface area (Å²) in [6, 6.07) is 0.713. The highest BCUT2D eigenvalue weighted by atomic mass is 32.2. The lowest BCUT2D eigenvalue weighted by Crippen LogP contribution is -2.50. The highest BCUT2D eigenvalue weighted by Gasteiger charge is 2.44. The Morgan fingerprint density at radius 2 is 2.20 bits per heavy atom. The molecule has 15 heavy (non-hydrogen) atoms. The van der Waals surface area contributed by atoms with Crippen molar-refractivity contribution in [3.05, 3.63) is 0 Å². The van der Waals surface area contributed by atoms with Crippen molar-refractivity contribution >= 4 is 11.8 Å². The van der Waals surface area contributed by atoms with Crippen LogP contribution >= 0.6 is 11.8 Å². The van der Waals surface area contributed by atoms with Crippen molar-refractivity contribution in [1.29, 1.82) is 0 Å². The van der Waals surface area contributed by atoms with E-state index in [2.05, 4.69) is 24.0 Å². The second-order valence-electron chi connectivity index (χ2n) is 5.73. The van der Waals surface area contributed by atoms with Crippen LogP contribution in [0.5, 0.6) is 0 Å². The molecule has 2 nitrogen and oxygen atoms in total. The van der Waals surface area contributed by atoms with E-state index in [0.717, 1.165) is 6.61 Å². The summed E-state index contributed by atoms with van der Waals surface area (Å²) in [5.41, 5.74) is 0.723. The molecule has 86 valence electrons. The van der Waals surface area contributed by atoms with Crippen LogP contribution in [0.25, 0.3) is 0 Å². The van der Waals surface area contributed by atoms with Crippen LogP contribution in [0.4, 0.5) is 0 Å². The maximum atomic E-state index is 6.03. The van der Waals surface area contributed by atoms with Gasteiger partial charge in [-0.1, -0.05) is 0 Å². The van der Waals surface area contributed by atoms with E-state index in [1.54, 1.807) is 0 Å². The Labute approximate surface area is 96.5 Å². The van der Waals surface area contributed by atoms with Gasteiger partial charge in [-0.25, -0.2) is 0 Å². The first-order chi connectivity index (χ1) is 7.20. The van der Waals surface area contributed by atoms with E-state index in [4.69, 9.17) is 4.74 Å². The van der Waals surface area contributed by atoms with Gasteiger partial charge in [0.05, 0.1) is 5.60 Å². The van der Waals surface area contributed by atoms with Gasteiger partial charge < -0.3 is 10.1 Å². The van der Waals surface area contributed by atoms with Gasteiger partial charge in [0.25, 0.3) is 0 Å². The van der Waals surface area contributed by atoms with Gasteiger partial charge in [-0.2, -0.15) is 11.8 Å². The highest BCUT2D eigenvalue weighted by molar-refractivity contribution is 7.99. The predicted octanol–water partition coefficient (Wildman–Crippen LogP) is 2.18. The van der Waals surface area contributed by atoms with E-state index in [1.165, 1.54) is 43.6 Å². The van der Waals surface area contributed by atoms with Gasteiger partial charge in [0.2, 0.25) is 0 Å². The second kappa shape index (κ2) is 3.64. The van der Waals surface area contributed by atoms with Gasteiger partial charge in [-0.15, -0.1) is 0 Å². The van der Waals surface area contributed by atoms with Crippen molar-refractivity contribution in [3.8, 4) is 0 Å². The quantitative estimate of drug-likeness (QED) is 0.781. The minimum Gasteiger partial charge on any atom is -0.374 e. The van der Waals surface area contributed by atoms with E-state index in [9.17, 15) is 0 Å². The summed E-state index contributed by atoms with van der Waals surface area (Å²) in [4.78, 5) is 0. The molecule has 1 N–H and O–H groups in total. The molecule has 1 saturated carbocycles. The third kappa shape index (κ3) is 2.20. The zero-order valence-electron chi connectivity index (χ0n) is 9.55. The topological polar surface area (TPSA) is 21.3 Å². The number of hydrogen-bond donors (Lipinski definition) is 1. The van der Waals surface area contributed by atoms with Crippen LogP contribution in [0.15, 0.2) is 0 Å². The largest absolute Gasteiger partial charge is 0.374 e. The fourth-order valence-electron chi connectivity index (χ4n) is 2.84. The Balaban J connectivity index is 1.60. The normalized spacial score (nSPS) is 43.4. The Morgan fingerprint density at radius 3 is 2.87 bits per heavy atom. The molecule has 0 amide bonds. The van der Waals surface area contributed by atoms with E-state index in [1.807, 2.05) is 0 Å². The molecule has 0 radical (unpaired) electrons. The molecule has 2 heterocycles. The first kappa shape index (κ1) is 10.4. The third-order valence-corrected chi connectivity index (χ3v) is 5.34. The van der Waals surface area contributed by atoms with Gasteiger partial charge in [-0.05, 0) is 44.8 Å². The molecule has 2 atom stereocenters. The molecule has 0 aromatic carbocycles. The van der Waals surface area contributed by atoms with Gasteiger partial charge in [0, 0.05) is 23.9 Å². The predicted molar refractivity (Wildman–Crippen MR) is 64.4 cm³/mol. The number of nitrogens with one attached hydrogen (secondary N) is 1. The van der Waals surface area contributed by atoms with Crippen molar-refractivity contribution in [2.75, 3.05) is 18.1 Å². The molecule has 0 aromatic rings. The van der Waals surface area contributed by atoms with Crippen LogP contribution < -0.4 is 5.32 Å². The lowest BCUT2D eigenvalue weighted by atomic mass is 9.89. The third-order valence-electron chi connectivity index (χ3n) is 4.11. The molecule has 1 aliphatic carbocycles. The maximum absolute atomic E-state index is 6.03. The number of rotatable bonds is 2. The van der Waals surface area contributed by atoms with Crippen LogP contribution in [-0.2, 0) is 4.74 Å². The maximum Gasteiger partial charge on any atom is 0.0795 e. The molecule has 3 fully saturated rings. The average molecular weight is 227 g/mol. The van der Waals surface area contributed by atoms with Crippen LogP contribution in [0.2, 0.25) is 0 Å². The summed E-state index contributed by atoms with van der Waals surface area (Å²) < 4.78 is 6.03. The van der Waals surface area contributed by atoms with Crippen LogP contribution in [-0.4, -0.2) is 35.3 Å². The number of hydrogen-bond acceptors (Lipinski definition) is 3. The van der Waals surface area contributed by atoms with E-state index < -0.39 is 0 Å². The summed E-state index contributed by atoms with van der Waals surface area (Å²) in [5, 5.41) is 3.83. The monoisotopic (exact) mass is 227 g/mol. The molecular weight excluding hydrogens is 206 g/mol. The first-order valence-corrected chi connectivity index (χ1v) is 7.35. The molecule has 1 spiro atoms. The van der Waals surface area contributed by atoms with Crippen molar-refractivity contribution in [3.63, 3.8) is 0 Å². The summed E-state index contributed by atoms with van der Waals surface area (Å²) in [5.74, 6) is 2.52. The van der Waals surface area contributed by atoms with Crippen molar-refractivity contribution in [2.24, 2.45) is 0 Å². The zero-order valence-corrected chi connectivity index (χ0v) is 10.4. The lowest BCUT2D eigenvalue weighted by Gasteiger charge is -2.39. The fourth-order valence-corrected chi connectivity index (χ4v) is 4.22. The van der Waals surface area contributed by atoms with E-state index in [0.29, 0.717) is 11.6 Å². The molecule has 0 aromatic heterocycles. The van der Waals surface area contributed by atoms with Crippen LogP contribution in [0, 0.1) is 0 Å². The van der Waals surface area contributed by atoms with Crippen molar-refractivity contribution in [2.45, 2.75) is 56.2 Å². The summed E-state index contributed by atoms with van der Waals surface area (Å²) in [6.07, 6.45) is 6.46. The smallest absolute Gasteiger partial charge is 0.0795 e. The Kier molecular flexibility index (Phi) is 2.53. The molecule has 2 saturated heterocycles. The first-order valence-electron chi connectivity index (χ1n) is 6.19. The molecule has 2 unspecified atom stereocenters. The van der Waals surface area contributed by atoms with Gasteiger partial charge in [0.15, 0.2) is 0 Å². The van der Waals surface area contributed by atoms with Gasteiger partial charge in [0.1, 0.15) is 0 Å². The summed E-state index contributed by atoms with van der Waals surface area (Å²) >= 11 is 2.06. The van der Waals surface area contributed by atoms with E-state index in [-0.39, 0.29) is 5.60 Å². The zero-order chi connectivity index (χ0) is 10.4. The molecule has 2 aliphatic heterocycles. The van der Waals surface area contributed by atoms with Crippen molar-refractivity contribution in [1.82, 2.24) is 5.32 Å². The van der Waals surface area contributed by atoms with Crippen LogP contribution in [0.3, 0.4) is 0 Å². The molecule has 3 rings (SSSR count). The number of ether oxygens (including phenoxy) is 1. The Bertz CT molecular complexity index is 246. The summed E-state index contributed by atoms with van der Waals surface area (Å²) in [6.45, 7) is 3.33. The van der Waals surface area contributed by atoms with Crippen molar-refractivity contribution < 1.29 is 4.74 Å². The van der Waals surface area contributed by atoms with Crippen LogP contribution in [0.1, 0.15) is 39.0 Å².